The van der Waals surface area contributed by atoms with Gasteiger partial charge in [0.2, 0.25) is 0 Å². The van der Waals surface area contributed by atoms with E-state index in [1.54, 1.807) is 7.11 Å². The van der Waals surface area contributed by atoms with Crippen LogP contribution in [0, 0.1) is 5.92 Å². The Hall–Kier alpha value is -2.33. The molecule has 0 aliphatic rings. The maximum Gasteiger partial charge on any atom is 0.313 e. The summed E-state index contributed by atoms with van der Waals surface area (Å²) in [4.78, 5) is 14.9. The van der Waals surface area contributed by atoms with E-state index in [1.165, 1.54) is 5.56 Å². The van der Waals surface area contributed by atoms with Gasteiger partial charge in [0.05, 0.1) is 13.0 Å². The van der Waals surface area contributed by atoms with Gasteiger partial charge >= 0.3 is 5.97 Å². The second-order valence-corrected chi connectivity index (χ2v) is 8.66. The lowest BCUT2D eigenvalue weighted by Crippen LogP contribution is -2.38. The molecule has 2 aromatic carbocycles. The van der Waals surface area contributed by atoms with Crippen molar-refractivity contribution in [2.45, 2.75) is 66.0 Å². The molecular formula is C26H37NO3. The van der Waals surface area contributed by atoms with Crippen LogP contribution in [-0.4, -0.2) is 36.6 Å². The van der Waals surface area contributed by atoms with Gasteiger partial charge in [0.25, 0.3) is 0 Å². The number of methoxy groups -OCH3 is 1. The zero-order chi connectivity index (χ0) is 22.3. The maximum atomic E-state index is 12.4. The zero-order valence-electron chi connectivity index (χ0n) is 19.5. The lowest BCUT2D eigenvalue weighted by Gasteiger charge is -2.32. The molecule has 0 N–H and O–H groups in total. The molecule has 4 nitrogen and oxygen atoms in total. The second kappa shape index (κ2) is 11.2. The third-order valence-electron chi connectivity index (χ3n) is 5.48. The molecule has 0 aliphatic carbocycles. The molecule has 2 aromatic rings. The Bertz CT molecular complexity index is 791. The maximum absolute atomic E-state index is 12.4. The van der Waals surface area contributed by atoms with E-state index in [-0.39, 0.29) is 17.8 Å². The Morgan fingerprint density at radius 1 is 0.933 bits per heavy atom. The Morgan fingerprint density at radius 3 is 2.10 bits per heavy atom. The van der Waals surface area contributed by atoms with E-state index >= 15 is 0 Å². The van der Waals surface area contributed by atoms with Crippen molar-refractivity contribution in [3.63, 3.8) is 0 Å². The molecule has 1 unspecified atom stereocenters. The average Bonchev–Trinajstić information content (AvgIpc) is 2.71. The molecule has 2 rings (SSSR count). The van der Waals surface area contributed by atoms with Crippen molar-refractivity contribution in [1.82, 2.24) is 4.90 Å². The number of hydrogen-bond acceptors (Lipinski definition) is 4. The molecule has 1 atom stereocenters. The van der Waals surface area contributed by atoms with Gasteiger partial charge < -0.3 is 9.47 Å². The van der Waals surface area contributed by atoms with Gasteiger partial charge in [-0.15, -0.1) is 0 Å². The summed E-state index contributed by atoms with van der Waals surface area (Å²) in [6.45, 7) is 13.6. The minimum Gasteiger partial charge on any atom is -0.497 e. The topological polar surface area (TPSA) is 38.8 Å². The van der Waals surface area contributed by atoms with Crippen LogP contribution in [0.2, 0.25) is 0 Å². The molecular weight excluding hydrogens is 374 g/mol. The van der Waals surface area contributed by atoms with E-state index in [9.17, 15) is 4.79 Å². The molecule has 0 radical (unpaired) electrons. The highest BCUT2D eigenvalue weighted by molar-refractivity contribution is 5.75. The van der Waals surface area contributed by atoms with Crippen molar-refractivity contribution in [2.75, 3.05) is 13.7 Å². The Labute approximate surface area is 182 Å². The summed E-state index contributed by atoms with van der Waals surface area (Å²) in [7, 11) is 1.66. The molecule has 30 heavy (non-hydrogen) atoms. The van der Waals surface area contributed by atoms with Crippen LogP contribution in [0.25, 0.3) is 0 Å². The quantitative estimate of drug-likeness (QED) is 0.360. The molecule has 0 aliphatic heterocycles. The number of esters is 1. The molecule has 164 valence electrons. The first-order valence-electron chi connectivity index (χ1n) is 10.9. The van der Waals surface area contributed by atoms with Crippen molar-refractivity contribution in [2.24, 2.45) is 5.92 Å². The molecule has 0 fully saturated rings. The largest absolute Gasteiger partial charge is 0.497 e. The summed E-state index contributed by atoms with van der Waals surface area (Å²) >= 11 is 0. The van der Waals surface area contributed by atoms with Crippen LogP contribution in [0.15, 0.2) is 48.5 Å². The molecule has 0 saturated heterocycles. The van der Waals surface area contributed by atoms with Gasteiger partial charge in [-0.05, 0) is 64.4 Å². The first-order chi connectivity index (χ1) is 14.2. The number of carbonyl (C=O) groups is 1. The second-order valence-electron chi connectivity index (χ2n) is 8.66. The summed E-state index contributed by atoms with van der Waals surface area (Å²) in [5, 5.41) is 0. The normalized spacial score (nSPS) is 12.6. The van der Waals surface area contributed by atoms with E-state index < -0.39 is 0 Å². The van der Waals surface area contributed by atoms with E-state index in [2.05, 4.69) is 56.9 Å². The van der Waals surface area contributed by atoms with Crippen molar-refractivity contribution in [1.29, 1.82) is 0 Å². The Morgan fingerprint density at radius 2 is 1.57 bits per heavy atom. The van der Waals surface area contributed by atoms with Gasteiger partial charge in [-0.2, -0.15) is 0 Å². The summed E-state index contributed by atoms with van der Waals surface area (Å²) in [6.07, 6.45) is 0.916. The number of benzene rings is 2. The fourth-order valence-electron chi connectivity index (χ4n) is 3.82. The van der Waals surface area contributed by atoms with Gasteiger partial charge in [0, 0.05) is 23.6 Å². The predicted octanol–water partition coefficient (Wildman–Crippen LogP) is 5.90. The van der Waals surface area contributed by atoms with Gasteiger partial charge in [0.1, 0.15) is 11.5 Å². The van der Waals surface area contributed by atoms with Crippen molar-refractivity contribution in [3.05, 3.63) is 59.7 Å². The van der Waals surface area contributed by atoms with Gasteiger partial charge in [-0.1, -0.05) is 44.2 Å². The van der Waals surface area contributed by atoms with Crippen LogP contribution in [-0.2, 0) is 4.79 Å². The van der Waals surface area contributed by atoms with Crippen LogP contribution in [0.1, 0.15) is 65.0 Å². The first-order valence-corrected chi connectivity index (χ1v) is 10.9. The number of hydrogen-bond donors (Lipinski definition) is 0. The van der Waals surface area contributed by atoms with Gasteiger partial charge in [0.15, 0.2) is 0 Å². The van der Waals surface area contributed by atoms with E-state index in [0.29, 0.717) is 17.8 Å². The summed E-state index contributed by atoms with van der Waals surface area (Å²) in [5.41, 5.74) is 2.20. The SMILES string of the molecule is COc1ccc(OC(=O)C(C)C)c(C(CCN(C(C)C)C(C)C)c2ccccc2)c1. The monoisotopic (exact) mass is 411 g/mol. The van der Waals surface area contributed by atoms with Crippen LogP contribution >= 0.6 is 0 Å². The minimum absolute atomic E-state index is 0.0938. The highest BCUT2D eigenvalue weighted by Crippen LogP contribution is 2.37. The number of nitrogens with zero attached hydrogens (tertiary/aromatic N) is 1. The lowest BCUT2D eigenvalue weighted by atomic mass is 9.87. The minimum atomic E-state index is -0.223. The highest BCUT2D eigenvalue weighted by atomic mass is 16.5. The third kappa shape index (κ3) is 6.33. The standard InChI is InChI=1S/C26H37NO3/c1-18(2)26(28)30-25-14-13-22(29-7)17-24(25)23(21-11-9-8-10-12-21)15-16-27(19(3)4)20(5)6/h8-14,17-20,23H,15-16H2,1-7H3. The Kier molecular flexibility index (Phi) is 8.91. The van der Waals surface area contributed by atoms with Crippen LogP contribution in [0.4, 0.5) is 0 Å². The number of ether oxygens (including phenoxy) is 2. The van der Waals surface area contributed by atoms with Crippen LogP contribution < -0.4 is 9.47 Å². The Balaban J connectivity index is 2.48. The van der Waals surface area contributed by atoms with Gasteiger partial charge in [-0.25, -0.2) is 0 Å². The average molecular weight is 412 g/mol. The molecule has 0 spiro atoms. The lowest BCUT2D eigenvalue weighted by molar-refractivity contribution is -0.137. The zero-order valence-corrected chi connectivity index (χ0v) is 19.5. The molecule has 0 heterocycles. The number of carbonyl (C=O) groups excluding carboxylic acids is 1. The fraction of sp³-hybridized carbons (Fsp3) is 0.500. The summed E-state index contributed by atoms with van der Waals surface area (Å²) in [6, 6.07) is 17.1. The predicted molar refractivity (Wildman–Crippen MR) is 123 cm³/mol. The fourth-order valence-corrected chi connectivity index (χ4v) is 3.82. The van der Waals surface area contributed by atoms with Crippen LogP contribution in [0.3, 0.4) is 0 Å². The smallest absolute Gasteiger partial charge is 0.313 e. The summed E-state index contributed by atoms with van der Waals surface area (Å²) in [5.74, 6) is 1.06. The molecule has 0 amide bonds. The van der Waals surface area contributed by atoms with Crippen molar-refractivity contribution < 1.29 is 14.3 Å². The van der Waals surface area contributed by atoms with Crippen LogP contribution in [0.5, 0.6) is 11.5 Å². The molecule has 0 bridgehead atoms. The first kappa shape index (κ1) is 23.9. The van der Waals surface area contributed by atoms with Crippen molar-refractivity contribution >= 4 is 5.97 Å². The highest BCUT2D eigenvalue weighted by Gasteiger charge is 2.24. The van der Waals surface area contributed by atoms with E-state index in [1.807, 2.05) is 38.1 Å². The molecule has 0 saturated carbocycles. The summed E-state index contributed by atoms with van der Waals surface area (Å²) < 4.78 is 11.3. The van der Waals surface area contributed by atoms with E-state index in [4.69, 9.17) is 9.47 Å². The molecule has 0 aromatic heterocycles. The van der Waals surface area contributed by atoms with E-state index in [0.717, 1.165) is 24.3 Å². The number of rotatable bonds is 10. The third-order valence-corrected chi connectivity index (χ3v) is 5.48. The molecule has 4 heteroatoms. The van der Waals surface area contributed by atoms with Gasteiger partial charge in [-0.3, -0.25) is 9.69 Å². The van der Waals surface area contributed by atoms with Crippen molar-refractivity contribution in [3.8, 4) is 11.5 Å².